The van der Waals surface area contributed by atoms with Crippen LogP contribution in [0.25, 0.3) is 10.9 Å². The van der Waals surface area contributed by atoms with Crippen LogP contribution < -0.4 is 4.90 Å². The first kappa shape index (κ1) is 16.0. The number of anilines is 1. The Morgan fingerprint density at radius 2 is 1.71 bits per heavy atom. The summed E-state index contributed by atoms with van der Waals surface area (Å²) < 4.78 is 0. The van der Waals surface area contributed by atoms with Crippen LogP contribution in [0.2, 0.25) is 0 Å². The van der Waals surface area contributed by atoms with Crippen LogP contribution in [-0.2, 0) is 4.79 Å². The molecular formula is C20H20N2O2. The Morgan fingerprint density at radius 1 is 1.00 bits per heavy atom. The minimum Gasteiger partial charge on any atom is -0.360 e. The minimum absolute atomic E-state index is 0.424. The van der Waals surface area contributed by atoms with E-state index in [-0.39, 0.29) is 0 Å². The molecule has 0 fully saturated rings. The molecule has 1 aromatic heterocycles. The quantitative estimate of drug-likeness (QED) is 0.547. The normalized spacial score (nSPS) is 10.7. The number of rotatable bonds is 6. The van der Waals surface area contributed by atoms with Crippen molar-refractivity contribution in [3.8, 4) is 0 Å². The number of fused-ring (bicyclic) bond motifs is 1. The standard InChI is InChI=1S/C20H20N2O2/c1-2-3-13-22(15-9-5-4-6-10-15)20(24)19(23)17-14-21-18-12-8-7-11-16(17)18/h4-12,14,21H,2-3,13H2,1H3. The van der Waals surface area contributed by atoms with Gasteiger partial charge in [-0.3, -0.25) is 9.59 Å². The van der Waals surface area contributed by atoms with Gasteiger partial charge in [0.25, 0.3) is 11.7 Å². The number of ketones is 1. The summed E-state index contributed by atoms with van der Waals surface area (Å²) in [6.07, 6.45) is 3.42. The minimum atomic E-state index is -0.487. The van der Waals surface area contributed by atoms with E-state index < -0.39 is 11.7 Å². The number of carbonyl (C=O) groups excluding carboxylic acids is 2. The van der Waals surface area contributed by atoms with E-state index >= 15 is 0 Å². The lowest BCUT2D eigenvalue weighted by atomic mass is 10.1. The zero-order chi connectivity index (χ0) is 16.9. The number of unbranched alkanes of at least 4 members (excludes halogenated alkanes) is 1. The van der Waals surface area contributed by atoms with Gasteiger partial charge in [-0.1, -0.05) is 49.7 Å². The van der Waals surface area contributed by atoms with E-state index in [2.05, 4.69) is 11.9 Å². The average Bonchev–Trinajstić information content (AvgIpc) is 3.06. The smallest absolute Gasteiger partial charge is 0.299 e. The van der Waals surface area contributed by atoms with E-state index in [4.69, 9.17) is 0 Å². The summed E-state index contributed by atoms with van der Waals surface area (Å²) in [7, 11) is 0. The van der Waals surface area contributed by atoms with Crippen LogP contribution >= 0.6 is 0 Å². The van der Waals surface area contributed by atoms with E-state index in [0.29, 0.717) is 12.1 Å². The van der Waals surface area contributed by atoms with Gasteiger partial charge in [-0.05, 0) is 24.6 Å². The second kappa shape index (κ2) is 7.13. The first-order valence-corrected chi connectivity index (χ1v) is 8.19. The molecule has 3 aromatic rings. The number of amides is 1. The van der Waals surface area contributed by atoms with Crippen LogP contribution in [0.1, 0.15) is 30.1 Å². The summed E-state index contributed by atoms with van der Waals surface area (Å²) in [4.78, 5) is 30.3. The number of benzene rings is 2. The number of aromatic nitrogens is 1. The molecule has 0 atom stereocenters. The molecule has 0 bridgehead atoms. The number of aromatic amines is 1. The molecule has 0 aliphatic carbocycles. The van der Waals surface area contributed by atoms with Crippen molar-refractivity contribution in [3.63, 3.8) is 0 Å². The van der Waals surface area contributed by atoms with Gasteiger partial charge in [0, 0.05) is 29.3 Å². The summed E-state index contributed by atoms with van der Waals surface area (Å²) in [5, 5.41) is 0.777. The van der Waals surface area contributed by atoms with Gasteiger partial charge in [0.05, 0.1) is 5.56 Å². The molecule has 0 spiro atoms. The van der Waals surface area contributed by atoms with Gasteiger partial charge < -0.3 is 9.88 Å². The maximum absolute atomic E-state index is 12.9. The van der Waals surface area contributed by atoms with Gasteiger partial charge >= 0.3 is 0 Å². The molecule has 0 saturated carbocycles. The highest BCUT2D eigenvalue weighted by Crippen LogP contribution is 2.21. The molecule has 0 saturated heterocycles. The van der Waals surface area contributed by atoms with Crippen LogP contribution in [0.3, 0.4) is 0 Å². The fraction of sp³-hybridized carbons (Fsp3) is 0.200. The van der Waals surface area contributed by atoms with Crippen LogP contribution in [0, 0.1) is 0 Å². The predicted molar refractivity (Wildman–Crippen MR) is 96.3 cm³/mol. The Balaban J connectivity index is 1.93. The molecule has 122 valence electrons. The summed E-state index contributed by atoms with van der Waals surface area (Å²) >= 11 is 0. The summed E-state index contributed by atoms with van der Waals surface area (Å²) in [6.45, 7) is 2.60. The molecule has 1 amide bonds. The summed E-state index contributed by atoms with van der Waals surface area (Å²) in [5.41, 5.74) is 2.03. The topological polar surface area (TPSA) is 53.2 Å². The van der Waals surface area contributed by atoms with Gasteiger partial charge in [0.1, 0.15) is 0 Å². The molecule has 0 aliphatic heterocycles. The van der Waals surface area contributed by atoms with Gasteiger partial charge in [-0.2, -0.15) is 0 Å². The van der Waals surface area contributed by atoms with Crippen molar-refractivity contribution in [3.05, 3.63) is 66.4 Å². The third-order valence-electron chi connectivity index (χ3n) is 4.08. The number of H-pyrrole nitrogens is 1. The second-order valence-corrected chi connectivity index (χ2v) is 5.72. The van der Waals surface area contributed by atoms with Crippen LogP contribution in [0.5, 0.6) is 0 Å². The number of nitrogens with one attached hydrogen (secondary N) is 1. The Morgan fingerprint density at radius 3 is 2.46 bits per heavy atom. The van der Waals surface area contributed by atoms with Crippen molar-refractivity contribution >= 4 is 28.3 Å². The summed E-state index contributed by atoms with van der Waals surface area (Å²) in [6, 6.07) is 16.9. The van der Waals surface area contributed by atoms with Crippen LogP contribution in [0.15, 0.2) is 60.8 Å². The molecule has 1 heterocycles. The Kier molecular flexibility index (Phi) is 4.75. The summed E-state index contributed by atoms with van der Waals surface area (Å²) in [5.74, 6) is -0.966. The number of nitrogens with zero attached hydrogens (tertiary/aromatic N) is 1. The lowest BCUT2D eigenvalue weighted by molar-refractivity contribution is -0.114. The maximum atomic E-state index is 12.9. The van der Waals surface area contributed by atoms with Crippen molar-refractivity contribution in [2.24, 2.45) is 0 Å². The van der Waals surface area contributed by atoms with Crippen molar-refractivity contribution in [1.82, 2.24) is 4.98 Å². The van der Waals surface area contributed by atoms with Gasteiger partial charge in [-0.15, -0.1) is 0 Å². The van der Waals surface area contributed by atoms with Gasteiger partial charge in [-0.25, -0.2) is 0 Å². The van der Waals surface area contributed by atoms with Crippen molar-refractivity contribution in [1.29, 1.82) is 0 Å². The molecule has 4 heteroatoms. The van der Waals surface area contributed by atoms with E-state index in [9.17, 15) is 9.59 Å². The number of carbonyl (C=O) groups is 2. The van der Waals surface area contributed by atoms with Crippen molar-refractivity contribution in [2.75, 3.05) is 11.4 Å². The molecule has 0 aliphatic rings. The molecule has 3 rings (SSSR count). The number of hydrogen-bond donors (Lipinski definition) is 1. The molecule has 1 N–H and O–H groups in total. The average molecular weight is 320 g/mol. The highest BCUT2D eigenvalue weighted by Gasteiger charge is 2.26. The maximum Gasteiger partial charge on any atom is 0.299 e. The molecule has 4 nitrogen and oxygen atoms in total. The number of Topliss-reactive ketones (excluding diaryl/α,β-unsaturated/α-hetero) is 1. The molecule has 24 heavy (non-hydrogen) atoms. The molecule has 0 unspecified atom stereocenters. The van der Waals surface area contributed by atoms with E-state index in [0.717, 1.165) is 29.4 Å². The fourth-order valence-corrected chi connectivity index (χ4v) is 2.77. The van der Waals surface area contributed by atoms with Crippen molar-refractivity contribution < 1.29 is 9.59 Å². The predicted octanol–water partition coefficient (Wildman–Crippen LogP) is 4.18. The SMILES string of the molecule is CCCCN(C(=O)C(=O)c1c[nH]c2ccccc12)c1ccccc1. The van der Waals surface area contributed by atoms with Crippen molar-refractivity contribution in [2.45, 2.75) is 19.8 Å². The third-order valence-corrected chi connectivity index (χ3v) is 4.08. The number of para-hydroxylation sites is 2. The van der Waals surface area contributed by atoms with Gasteiger partial charge in [0.15, 0.2) is 0 Å². The van der Waals surface area contributed by atoms with Crippen LogP contribution in [-0.4, -0.2) is 23.2 Å². The number of hydrogen-bond acceptors (Lipinski definition) is 2. The molecular weight excluding hydrogens is 300 g/mol. The van der Waals surface area contributed by atoms with E-state index in [1.165, 1.54) is 0 Å². The fourth-order valence-electron chi connectivity index (χ4n) is 2.77. The van der Waals surface area contributed by atoms with Gasteiger partial charge in [0.2, 0.25) is 0 Å². The highest BCUT2D eigenvalue weighted by molar-refractivity contribution is 6.48. The molecule has 0 radical (unpaired) electrons. The Labute approximate surface area is 141 Å². The highest BCUT2D eigenvalue weighted by atomic mass is 16.2. The van der Waals surface area contributed by atoms with E-state index in [1.807, 2.05) is 54.6 Å². The largest absolute Gasteiger partial charge is 0.360 e. The lowest BCUT2D eigenvalue weighted by Crippen LogP contribution is -2.37. The zero-order valence-corrected chi connectivity index (χ0v) is 13.7. The zero-order valence-electron chi connectivity index (χ0n) is 13.7. The van der Waals surface area contributed by atoms with Crippen LogP contribution in [0.4, 0.5) is 5.69 Å². The Bertz CT molecular complexity index is 852. The second-order valence-electron chi connectivity index (χ2n) is 5.72. The third kappa shape index (κ3) is 3.08. The lowest BCUT2D eigenvalue weighted by Gasteiger charge is -2.21. The Hall–Kier alpha value is -2.88. The molecule has 2 aromatic carbocycles. The van der Waals surface area contributed by atoms with E-state index in [1.54, 1.807) is 11.1 Å². The monoisotopic (exact) mass is 320 g/mol. The first-order valence-electron chi connectivity index (χ1n) is 8.19. The first-order chi connectivity index (χ1) is 11.7.